The second kappa shape index (κ2) is 11.2. The molecule has 40 heavy (non-hydrogen) atoms. The monoisotopic (exact) mass is 564 g/mol. The SMILES string of the molecule is COC(=O)[C@H](C[C@@H]1CC(C)(C)NC1=O)NC(=O)C1CC2(CCC2)CN1C(=O)[C@@H](NC(=O)OC(C)(C)C)C(C)(C)C. The average molecular weight is 565 g/mol. The predicted octanol–water partition coefficient (Wildman–Crippen LogP) is 2.66. The smallest absolute Gasteiger partial charge is 0.408 e. The minimum absolute atomic E-state index is 0.101. The minimum Gasteiger partial charge on any atom is -0.467 e. The third-order valence-electron chi connectivity index (χ3n) is 8.19. The van der Waals surface area contributed by atoms with Crippen molar-refractivity contribution < 1.29 is 33.4 Å². The third kappa shape index (κ3) is 7.46. The molecular formula is C29H48N4O7. The summed E-state index contributed by atoms with van der Waals surface area (Å²) in [6.07, 6.45) is 3.21. The number of likely N-dealkylation sites (tertiary alicyclic amines) is 1. The van der Waals surface area contributed by atoms with Gasteiger partial charge in [-0.05, 0) is 77.6 Å². The second-order valence-electron chi connectivity index (χ2n) is 14.6. The van der Waals surface area contributed by atoms with E-state index in [0.29, 0.717) is 19.4 Å². The molecule has 4 atom stereocenters. The number of rotatable bonds is 7. The first-order valence-corrected chi connectivity index (χ1v) is 14.3. The van der Waals surface area contributed by atoms with Crippen molar-refractivity contribution in [1.82, 2.24) is 20.9 Å². The Morgan fingerprint density at radius 1 is 1.05 bits per heavy atom. The van der Waals surface area contributed by atoms with Gasteiger partial charge in [0, 0.05) is 18.0 Å². The van der Waals surface area contributed by atoms with Crippen molar-refractivity contribution in [3.8, 4) is 0 Å². The molecular weight excluding hydrogens is 516 g/mol. The number of ether oxygens (including phenoxy) is 2. The largest absolute Gasteiger partial charge is 0.467 e. The summed E-state index contributed by atoms with van der Waals surface area (Å²) in [5.74, 6) is -2.09. The molecule has 1 unspecified atom stereocenters. The summed E-state index contributed by atoms with van der Waals surface area (Å²) in [4.78, 5) is 67.2. The summed E-state index contributed by atoms with van der Waals surface area (Å²) >= 11 is 0. The molecule has 3 aliphatic rings. The molecule has 1 spiro atoms. The van der Waals surface area contributed by atoms with Gasteiger partial charge in [-0.25, -0.2) is 9.59 Å². The summed E-state index contributed by atoms with van der Waals surface area (Å²) < 4.78 is 10.4. The molecule has 0 aromatic carbocycles. The minimum atomic E-state index is -1.03. The number of hydrogen-bond donors (Lipinski definition) is 3. The molecule has 1 saturated carbocycles. The summed E-state index contributed by atoms with van der Waals surface area (Å²) in [7, 11) is 1.24. The Morgan fingerprint density at radius 3 is 2.12 bits per heavy atom. The summed E-state index contributed by atoms with van der Waals surface area (Å²) in [6, 6.07) is -2.79. The number of nitrogens with one attached hydrogen (secondary N) is 3. The number of nitrogens with zero attached hydrogens (tertiary/aromatic N) is 1. The molecule has 3 rings (SSSR count). The van der Waals surface area contributed by atoms with Crippen LogP contribution >= 0.6 is 0 Å². The topological polar surface area (TPSA) is 143 Å². The average Bonchev–Trinajstić information content (AvgIpc) is 3.31. The molecule has 2 saturated heterocycles. The molecule has 0 aromatic rings. The van der Waals surface area contributed by atoms with E-state index >= 15 is 0 Å². The van der Waals surface area contributed by atoms with Gasteiger partial charge in [0.2, 0.25) is 17.7 Å². The standard InChI is InChI=1S/C29H48N4O7/c1-26(2,3)20(31-25(38)40-27(4,5)6)23(36)33-16-29(11-10-12-29)15-19(33)22(35)30-18(24(37)39-9)13-17-14-28(7,8)32-21(17)34/h17-20H,10-16H2,1-9H3,(H,30,35)(H,31,38)(H,32,34)/t17-,18+,19?,20-/m1/s1. The molecule has 226 valence electrons. The first-order valence-electron chi connectivity index (χ1n) is 14.3. The zero-order valence-electron chi connectivity index (χ0n) is 25.6. The van der Waals surface area contributed by atoms with Gasteiger partial charge in [0.1, 0.15) is 23.7 Å². The number of esters is 1. The lowest BCUT2D eigenvalue weighted by molar-refractivity contribution is -0.147. The van der Waals surface area contributed by atoms with Crippen molar-refractivity contribution in [3.05, 3.63) is 0 Å². The van der Waals surface area contributed by atoms with Crippen molar-refractivity contribution in [2.24, 2.45) is 16.7 Å². The van der Waals surface area contributed by atoms with Crippen molar-refractivity contribution in [2.45, 2.75) is 123 Å². The normalized spacial score (nSPS) is 24.9. The highest BCUT2D eigenvalue weighted by atomic mass is 16.6. The van der Waals surface area contributed by atoms with Gasteiger partial charge in [-0.2, -0.15) is 0 Å². The van der Waals surface area contributed by atoms with Crippen LogP contribution in [0.15, 0.2) is 0 Å². The van der Waals surface area contributed by atoms with Crippen molar-refractivity contribution >= 4 is 29.8 Å². The summed E-state index contributed by atoms with van der Waals surface area (Å²) in [5.41, 5.74) is -1.97. The van der Waals surface area contributed by atoms with Gasteiger partial charge in [0.25, 0.3) is 0 Å². The summed E-state index contributed by atoms with van der Waals surface area (Å²) in [6.45, 7) is 15.0. The summed E-state index contributed by atoms with van der Waals surface area (Å²) in [5, 5.41) is 8.46. The Balaban J connectivity index is 1.82. The molecule has 2 aliphatic heterocycles. The number of carbonyl (C=O) groups is 5. The molecule has 0 radical (unpaired) electrons. The maximum absolute atomic E-state index is 14.0. The van der Waals surface area contributed by atoms with Crippen LogP contribution < -0.4 is 16.0 Å². The fourth-order valence-electron chi connectivity index (χ4n) is 6.10. The van der Waals surface area contributed by atoms with E-state index in [1.807, 2.05) is 34.6 Å². The van der Waals surface area contributed by atoms with Gasteiger partial charge in [0.15, 0.2) is 0 Å². The van der Waals surface area contributed by atoms with E-state index in [-0.39, 0.29) is 23.7 Å². The number of methoxy groups -OCH3 is 1. The van der Waals surface area contributed by atoms with Gasteiger partial charge in [-0.3, -0.25) is 14.4 Å². The Morgan fingerprint density at radius 2 is 1.68 bits per heavy atom. The lowest BCUT2D eigenvalue weighted by Gasteiger charge is -2.39. The Labute approximate surface area is 237 Å². The molecule has 0 bridgehead atoms. The van der Waals surface area contributed by atoms with Crippen LogP contribution in [0.4, 0.5) is 4.79 Å². The van der Waals surface area contributed by atoms with Gasteiger partial charge in [-0.15, -0.1) is 0 Å². The Hall–Kier alpha value is -2.85. The number of carbonyl (C=O) groups excluding carboxylic acids is 5. The molecule has 3 fully saturated rings. The lowest BCUT2D eigenvalue weighted by atomic mass is 9.67. The fraction of sp³-hybridized carbons (Fsp3) is 0.828. The molecule has 2 heterocycles. The maximum atomic E-state index is 14.0. The quantitative estimate of drug-likeness (QED) is 0.404. The van der Waals surface area contributed by atoms with Crippen LogP contribution in [0.25, 0.3) is 0 Å². The predicted molar refractivity (Wildman–Crippen MR) is 148 cm³/mol. The second-order valence-corrected chi connectivity index (χ2v) is 14.6. The van der Waals surface area contributed by atoms with Gasteiger partial charge >= 0.3 is 12.1 Å². The molecule has 4 amide bonds. The number of alkyl carbamates (subject to hydrolysis) is 1. The Bertz CT molecular complexity index is 1020. The van der Waals surface area contributed by atoms with Crippen molar-refractivity contribution in [2.75, 3.05) is 13.7 Å². The Kier molecular flexibility index (Phi) is 8.87. The van der Waals surface area contributed by atoms with Crippen LogP contribution in [0.1, 0.15) is 93.9 Å². The van der Waals surface area contributed by atoms with Gasteiger partial charge in [-0.1, -0.05) is 27.2 Å². The first kappa shape index (κ1) is 31.7. The van der Waals surface area contributed by atoms with E-state index in [4.69, 9.17) is 9.47 Å². The molecule has 1 aliphatic carbocycles. The van der Waals surface area contributed by atoms with E-state index in [1.54, 1.807) is 25.7 Å². The highest BCUT2D eigenvalue weighted by Crippen LogP contribution is 2.50. The third-order valence-corrected chi connectivity index (χ3v) is 8.19. The number of amides is 4. The molecule has 11 nitrogen and oxygen atoms in total. The van der Waals surface area contributed by atoms with Crippen molar-refractivity contribution in [1.29, 1.82) is 0 Å². The number of hydrogen-bond acceptors (Lipinski definition) is 7. The van der Waals surface area contributed by atoms with Crippen LogP contribution in [0, 0.1) is 16.7 Å². The van der Waals surface area contributed by atoms with E-state index < -0.39 is 58.6 Å². The van der Waals surface area contributed by atoms with Gasteiger partial charge in [0.05, 0.1) is 7.11 Å². The van der Waals surface area contributed by atoms with E-state index in [2.05, 4.69) is 16.0 Å². The zero-order valence-corrected chi connectivity index (χ0v) is 25.6. The van der Waals surface area contributed by atoms with Crippen LogP contribution in [-0.2, 0) is 28.7 Å². The first-order chi connectivity index (χ1) is 18.3. The van der Waals surface area contributed by atoms with E-state index in [0.717, 1.165) is 19.3 Å². The van der Waals surface area contributed by atoms with Gasteiger partial charge < -0.3 is 30.3 Å². The van der Waals surface area contributed by atoms with Crippen LogP contribution in [-0.4, -0.2) is 77.6 Å². The zero-order chi connectivity index (χ0) is 30.3. The molecule has 3 N–H and O–H groups in total. The highest BCUT2D eigenvalue weighted by molar-refractivity contribution is 5.94. The lowest BCUT2D eigenvalue weighted by Crippen LogP contribution is -2.59. The maximum Gasteiger partial charge on any atom is 0.408 e. The fourth-order valence-corrected chi connectivity index (χ4v) is 6.10. The van der Waals surface area contributed by atoms with Crippen molar-refractivity contribution in [3.63, 3.8) is 0 Å². The van der Waals surface area contributed by atoms with Crippen LogP contribution in [0.2, 0.25) is 0 Å². The van der Waals surface area contributed by atoms with Crippen LogP contribution in [0.3, 0.4) is 0 Å². The molecule has 11 heteroatoms. The van der Waals surface area contributed by atoms with Crippen LogP contribution in [0.5, 0.6) is 0 Å². The highest BCUT2D eigenvalue weighted by Gasteiger charge is 2.54. The van der Waals surface area contributed by atoms with E-state index in [9.17, 15) is 24.0 Å². The molecule has 0 aromatic heterocycles. The van der Waals surface area contributed by atoms with E-state index in [1.165, 1.54) is 7.11 Å².